The molecule has 0 saturated heterocycles. The summed E-state index contributed by atoms with van der Waals surface area (Å²) in [5.74, 6) is -19.0. The molecule has 0 heterocycles. The predicted molar refractivity (Wildman–Crippen MR) is 258 cm³/mol. The molecule has 0 radical (unpaired) electrons. The molecule has 0 spiro atoms. The van der Waals surface area contributed by atoms with Crippen LogP contribution in [-0.2, 0) is 67.1 Å². The van der Waals surface area contributed by atoms with E-state index in [1.807, 2.05) is 10.6 Å². The van der Waals surface area contributed by atoms with Gasteiger partial charge in [0, 0.05) is 25.0 Å². The molecule has 0 aromatic heterocycles. The Labute approximate surface area is 434 Å². The summed E-state index contributed by atoms with van der Waals surface area (Å²) < 4.78 is 0. The van der Waals surface area contributed by atoms with Crippen LogP contribution in [0.5, 0.6) is 0 Å². The third-order valence-corrected chi connectivity index (χ3v) is 11.0. The first-order valence-corrected chi connectivity index (χ1v) is 23.9. The van der Waals surface area contributed by atoms with Crippen LogP contribution in [0, 0.1) is 11.8 Å². The number of carboxylic acid groups (broad SMARTS) is 5. The molecule has 0 bridgehead atoms. The lowest BCUT2D eigenvalue weighted by Crippen LogP contribution is -2.62. The number of aliphatic hydroxyl groups excluding tert-OH is 2. The third kappa shape index (κ3) is 26.0. The van der Waals surface area contributed by atoms with Crippen molar-refractivity contribution < 1.29 is 103 Å². The number of aliphatic carboxylic acids is 5. The van der Waals surface area contributed by atoms with Gasteiger partial charge < -0.3 is 89.3 Å². The van der Waals surface area contributed by atoms with Crippen molar-refractivity contribution in [3.8, 4) is 0 Å². The van der Waals surface area contributed by atoms with E-state index in [-0.39, 0.29) is 18.1 Å². The van der Waals surface area contributed by atoms with Crippen LogP contribution in [0.1, 0.15) is 92.9 Å². The van der Waals surface area contributed by atoms with Crippen molar-refractivity contribution >= 4 is 95.6 Å². The molecule has 0 aliphatic carbocycles. The Balaban J connectivity index is 6.31. The van der Waals surface area contributed by atoms with Gasteiger partial charge in [-0.2, -0.15) is 12.6 Å². The Kier molecular flexibility index (Phi) is 30.4. The SMILES string of the molecule is CC(C)C[C@H](NC(=O)[C@H](C)NC(=O)[C@@H](NC(=O)[C@H](CO)NC(=O)[C@H](CC(=O)O)NC(=O)[C@H](CCC(=O)O)NC(=O)[C@H](CCC(=O)O)NC(=O)[C@@H](N)CCC(=O)O)[C@@H](C)O)C(=O)N[C@H](C(=O)N[C@@H](CS)C(=O)O)C(C)C. The molecule has 0 saturated carbocycles. The highest BCUT2D eigenvalue weighted by Gasteiger charge is 2.37. The smallest absolute Gasteiger partial charge is 0.327 e. The van der Waals surface area contributed by atoms with E-state index in [0.717, 1.165) is 13.8 Å². The van der Waals surface area contributed by atoms with Gasteiger partial charge in [0.15, 0.2) is 0 Å². The van der Waals surface area contributed by atoms with Gasteiger partial charge in [-0.3, -0.25) is 62.3 Å². The zero-order chi connectivity index (χ0) is 58.0. The predicted octanol–water partition coefficient (Wildman–Crippen LogP) is -6.14. The molecular weight excluding hydrogens is 1020 g/mol. The third-order valence-electron chi connectivity index (χ3n) is 10.6. The van der Waals surface area contributed by atoms with Gasteiger partial charge in [-0.15, -0.1) is 0 Å². The molecule has 0 aromatic rings. The largest absolute Gasteiger partial charge is 0.481 e. The molecule has 0 aromatic carbocycles. The summed E-state index contributed by atoms with van der Waals surface area (Å²) in [6, 6.07) is -16.8. The van der Waals surface area contributed by atoms with Gasteiger partial charge in [0.2, 0.25) is 53.2 Å². The van der Waals surface area contributed by atoms with Crippen LogP contribution in [0.15, 0.2) is 0 Å². The number of nitrogens with one attached hydrogen (secondary N) is 9. The van der Waals surface area contributed by atoms with Gasteiger partial charge in [0.25, 0.3) is 0 Å². The van der Waals surface area contributed by atoms with Crippen molar-refractivity contribution in [3.05, 3.63) is 0 Å². The monoisotopic (exact) mass is 1090 g/mol. The van der Waals surface area contributed by atoms with Crippen LogP contribution in [0.3, 0.4) is 0 Å². The van der Waals surface area contributed by atoms with Crippen LogP contribution in [0.4, 0.5) is 0 Å². The van der Waals surface area contributed by atoms with E-state index in [0.29, 0.717) is 0 Å². The zero-order valence-electron chi connectivity index (χ0n) is 41.9. The maximum absolute atomic E-state index is 13.5. The van der Waals surface area contributed by atoms with Crippen molar-refractivity contribution in [2.45, 2.75) is 159 Å². The van der Waals surface area contributed by atoms with E-state index < -0.39 is 207 Å². The number of carbonyl (C=O) groups excluding carboxylic acids is 9. The summed E-state index contributed by atoms with van der Waals surface area (Å²) in [5.41, 5.74) is 5.68. The molecule has 9 amide bonds. The van der Waals surface area contributed by atoms with Gasteiger partial charge in [0.05, 0.1) is 25.2 Å². The molecule has 0 aliphatic heterocycles. The second-order valence-corrected chi connectivity index (χ2v) is 18.3. The molecule has 424 valence electrons. The number of aliphatic hydroxyl groups is 2. The molecule has 32 heteroatoms. The Morgan fingerprint density at radius 3 is 1.25 bits per heavy atom. The lowest BCUT2D eigenvalue weighted by Gasteiger charge is -2.28. The minimum absolute atomic E-state index is 0.00587. The highest BCUT2D eigenvalue weighted by atomic mass is 32.1. The number of carbonyl (C=O) groups is 14. The molecule has 0 rings (SSSR count). The van der Waals surface area contributed by atoms with E-state index in [4.69, 9.17) is 10.8 Å². The molecular formula is C43H70N10O21S. The summed E-state index contributed by atoms with van der Waals surface area (Å²) in [7, 11) is 0. The fraction of sp³-hybridized carbons (Fsp3) is 0.674. The normalized spacial score (nSPS) is 15.5. The highest BCUT2D eigenvalue weighted by molar-refractivity contribution is 7.80. The van der Waals surface area contributed by atoms with E-state index in [1.54, 1.807) is 27.7 Å². The summed E-state index contributed by atoms with van der Waals surface area (Å²) in [6.07, 6.45) is -6.96. The number of rotatable bonds is 36. The Morgan fingerprint density at radius 2 is 0.827 bits per heavy atom. The van der Waals surface area contributed by atoms with Crippen molar-refractivity contribution in [1.29, 1.82) is 0 Å². The van der Waals surface area contributed by atoms with Crippen molar-refractivity contribution in [3.63, 3.8) is 0 Å². The molecule has 0 aliphatic rings. The molecule has 31 nitrogen and oxygen atoms in total. The van der Waals surface area contributed by atoms with E-state index >= 15 is 0 Å². The maximum Gasteiger partial charge on any atom is 0.327 e. The first-order valence-electron chi connectivity index (χ1n) is 23.2. The van der Waals surface area contributed by atoms with Gasteiger partial charge in [0.1, 0.15) is 54.4 Å². The van der Waals surface area contributed by atoms with E-state index in [1.165, 1.54) is 0 Å². The highest BCUT2D eigenvalue weighted by Crippen LogP contribution is 2.11. The standard InChI is InChI=1S/C43H70N10O21S/c1-17(2)13-24(39(69)52-32(18(3)4)41(71)51-27(16-75)43(73)74)48-34(64)19(5)45-42(72)33(20(6)55)53-40(70)26(15-54)50-38(68)25(14-31(62)63)49-37(67)23(9-12-30(60)61)47-36(66)22(8-11-29(58)59)46-35(65)21(44)7-10-28(56)57/h17-27,32-33,54-55,75H,7-16,44H2,1-6H3,(H,45,72)(H,46,65)(H,47,66)(H,48,64)(H,49,67)(H,50,68)(H,51,71)(H,52,69)(H,53,70)(H,56,57)(H,58,59)(H,60,61)(H,62,63)(H,73,74)/t19-,20+,21-,22-,23-,24-,25-,26-,27-,32-,33-/m0/s1. The van der Waals surface area contributed by atoms with Crippen LogP contribution in [0.25, 0.3) is 0 Å². The minimum Gasteiger partial charge on any atom is -0.481 e. The van der Waals surface area contributed by atoms with E-state index in [2.05, 4.69) is 49.8 Å². The number of hydrogen-bond acceptors (Lipinski definition) is 18. The number of thiol groups is 1. The Morgan fingerprint density at radius 1 is 0.440 bits per heavy atom. The number of carboxylic acids is 5. The summed E-state index contributed by atoms with van der Waals surface area (Å²) >= 11 is 3.91. The average Bonchev–Trinajstić information content (AvgIpc) is 3.30. The number of amides is 9. The van der Waals surface area contributed by atoms with Gasteiger partial charge in [-0.1, -0.05) is 27.7 Å². The lowest BCUT2D eigenvalue weighted by atomic mass is 9.99. The topological polar surface area (TPSA) is 515 Å². The first kappa shape index (κ1) is 67.8. The Bertz CT molecular complexity index is 2080. The number of nitrogens with two attached hydrogens (primary N) is 1. The van der Waals surface area contributed by atoms with Crippen LogP contribution in [-0.4, -0.2) is 198 Å². The average molecular weight is 1100 g/mol. The molecule has 18 N–H and O–H groups in total. The van der Waals surface area contributed by atoms with E-state index in [9.17, 15) is 97.8 Å². The van der Waals surface area contributed by atoms with Crippen molar-refractivity contribution in [2.75, 3.05) is 12.4 Å². The zero-order valence-corrected chi connectivity index (χ0v) is 42.8. The minimum atomic E-state index is -2.16. The summed E-state index contributed by atoms with van der Waals surface area (Å²) in [4.78, 5) is 177. The van der Waals surface area contributed by atoms with Crippen molar-refractivity contribution in [1.82, 2.24) is 47.9 Å². The first-order chi connectivity index (χ1) is 34.8. The molecule has 75 heavy (non-hydrogen) atoms. The van der Waals surface area contributed by atoms with Gasteiger partial charge in [-0.25, -0.2) is 4.79 Å². The quantitative estimate of drug-likeness (QED) is 0.0260. The van der Waals surface area contributed by atoms with Crippen LogP contribution in [0.2, 0.25) is 0 Å². The van der Waals surface area contributed by atoms with Gasteiger partial charge >= 0.3 is 29.8 Å². The van der Waals surface area contributed by atoms with Crippen molar-refractivity contribution in [2.24, 2.45) is 17.6 Å². The number of hydrogen-bond donors (Lipinski definition) is 18. The maximum atomic E-state index is 13.5. The summed E-state index contributed by atoms with van der Waals surface area (Å²) in [5, 5.41) is 86.5. The molecule has 11 atom stereocenters. The molecule has 0 fully saturated rings. The fourth-order valence-electron chi connectivity index (χ4n) is 6.42. The fourth-order valence-corrected chi connectivity index (χ4v) is 6.67. The van der Waals surface area contributed by atoms with Crippen LogP contribution < -0.4 is 53.6 Å². The lowest BCUT2D eigenvalue weighted by molar-refractivity contribution is -0.142. The Hall–Kier alpha value is -7.19. The van der Waals surface area contributed by atoms with Crippen LogP contribution >= 0.6 is 12.6 Å². The summed E-state index contributed by atoms with van der Waals surface area (Å²) in [6.45, 7) is 7.48. The van der Waals surface area contributed by atoms with Gasteiger partial charge in [-0.05, 0) is 51.4 Å². The second kappa shape index (κ2) is 33.6. The second-order valence-electron chi connectivity index (χ2n) is 17.9. The molecule has 0 unspecified atom stereocenters.